The monoisotopic (exact) mass is 199 g/mol. The van der Waals surface area contributed by atoms with Crippen LogP contribution < -0.4 is 0 Å². The lowest BCUT2D eigenvalue weighted by atomic mass is 10.1. The fourth-order valence-corrected chi connectivity index (χ4v) is 2.20. The predicted molar refractivity (Wildman–Crippen MR) is 55.2 cm³/mol. The quantitative estimate of drug-likeness (QED) is 0.729. The number of nitrogens with zero attached hydrogens (tertiary/aromatic N) is 1. The van der Waals surface area contributed by atoms with E-state index in [1.54, 1.807) is 0 Å². The van der Waals surface area contributed by atoms with Crippen molar-refractivity contribution in [3.05, 3.63) is 0 Å². The van der Waals surface area contributed by atoms with Crippen molar-refractivity contribution in [2.45, 2.75) is 38.4 Å². The molecule has 1 aliphatic carbocycles. The van der Waals surface area contributed by atoms with Crippen molar-refractivity contribution in [3.63, 3.8) is 0 Å². The first-order valence-electron chi connectivity index (χ1n) is 5.83. The van der Waals surface area contributed by atoms with Crippen LogP contribution in [0.5, 0.6) is 0 Å². The zero-order valence-electron chi connectivity index (χ0n) is 8.98. The van der Waals surface area contributed by atoms with Crippen molar-refractivity contribution in [2.24, 2.45) is 5.92 Å². The molecule has 1 saturated carbocycles. The summed E-state index contributed by atoms with van der Waals surface area (Å²) in [5.74, 6) is 0.529. The van der Waals surface area contributed by atoms with E-state index in [4.69, 9.17) is 4.74 Å². The van der Waals surface area contributed by atoms with E-state index in [0.717, 1.165) is 26.2 Å². The van der Waals surface area contributed by atoms with Crippen molar-refractivity contribution in [1.29, 1.82) is 0 Å². The Hall–Kier alpha value is -0.120. The third-order valence-electron chi connectivity index (χ3n) is 3.20. The average molecular weight is 199 g/mol. The van der Waals surface area contributed by atoms with Gasteiger partial charge in [0.1, 0.15) is 0 Å². The molecular formula is C11H21NO2. The first kappa shape index (κ1) is 10.4. The maximum absolute atomic E-state index is 9.95. The van der Waals surface area contributed by atoms with Crippen LogP contribution in [-0.4, -0.2) is 48.5 Å². The molecule has 1 saturated heterocycles. The average Bonchev–Trinajstić information content (AvgIpc) is 3.01. The summed E-state index contributed by atoms with van der Waals surface area (Å²) < 4.78 is 5.63. The minimum absolute atomic E-state index is 0.0720. The number of rotatable bonds is 4. The Kier molecular flexibility index (Phi) is 3.42. The van der Waals surface area contributed by atoms with E-state index in [9.17, 15) is 5.11 Å². The van der Waals surface area contributed by atoms with E-state index in [1.807, 2.05) is 0 Å². The van der Waals surface area contributed by atoms with Gasteiger partial charge in [0.2, 0.25) is 0 Å². The minimum atomic E-state index is -0.213. The lowest BCUT2D eigenvalue weighted by molar-refractivity contribution is -0.0944. The van der Waals surface area contributed by atoms with E-state index in [2.05, 4.69) is 11.8 Å². The highest BCUT2D eigenvalue weighted by atomic mass is 16.5. The summed E-state index contributed by atoms with van der Waals surface area (Å²) in [7, 11) is 0. The maximum atomic E-state index is 9.95. The Balaban J connectivity index is 1.80. The zero-order chi connectivity index (χ0) is 9.97. The third-order valence-corrected chi connectivity index (χ3v) is 3.20. The van der Waals surface area contributed by atoms with Gasteiger partial charge >= 0.3 is 0 Å². The Morgan fingerprint density at radius 3 is 2.93 bits per heavy atom. The highest BCUT2D eigenvalue weighted by Crippen LogP contribution is 2.35. The van der Waals surface area contributed by atoms with Crippen LogP contribution in [0.3, 0.4) is 0 Å². The van der Waals surface area contributed by atoms with E-state index < -0.39 is 0 Å². The van der Waals surface area contributed by atoms with Gasteiger partial charge in [-0.05, 0) is 31.7 Å². The van der Waals surface area contributed by atoms with Gasteiger partial charge < -0.3 is 9.84 Å². The second kappa shape index (κ2) is 4.60. The lowest BCUT2D eigenvalue weighted by Gasteiger charge is -2.35. The van der Waals surface area contributed by atoms with Crippen molar-refractivity contribution in [2.75, 3.05) is 26.2 Å². The fraction of sp³-hybridized carbons (Fsp3) is 1.00. The van der Waals surface area contributed by atoms with Gasteiger partial charge in [0.25, 0.3) is 0 Å². The highest BCUT2D eigenvalue weighted by molar-refractivity contribution is 4.88. The molecule has 2 unspecified atom stereocenters. The highest BCUT2D eigenvalue weighted by Gasteiger charge is 2.37. The summed E-state index contributed by atoms with van der Waals surface area (Å²) in [6.07, 6.45) is 3.42. The molecule has 1 aliphatic heterocycles. The molecule has 2 rings (SSSR count). The van der Waals surface area contributed by atoms with Gasteiger partial charge in [0.15, 0.2) is 0 Å². The van der Waals surface area contributed by atoms with Crippen LogP contribution in [0, 0.1) is 5.92 Å². The number of aliphatic hydroxyl groups is 1. The maximum Gasteiger partial charge on any atom is 0.0963 e. The van der Waals surface area contributed by atoms with Gasteiger partial charge in [-0.15, -0.1) is 0 Å². The molecule has 0 radical (unpaired) electrons. The molecule has 3 heteroatoms. The molecule has 2 aliphatic rings. The second-order valence-corrected chi connectivity index (χ2v) is 4.54. The molecule has 3 nitrogen and oxygen atoms in total. The van der Waals surface area contributed by atoms with E-state index in [1.165, 1.54) is 19.3 Å². The summed E-state index contributed by atoms with van der Waals surface area (Å²) in [6.45, 7) is 6.07. The van der Waals surface area contributed by atoms with Crippen molar-refractivity contribution >= 4 is 0 Å². The van der Waals surface area contributed by atoms with Gasteiger partial charge in [-0.2, -0.15) is 0 Å². The molecule has 0 bridgehead atoms. The Labute approximate surface area is 86.0 Å². The Bertz CT molecular complexity index is 180. The topological polar surface area (TPSA) is 32.7 Å². The van der Waals surface area contributed by atoms with Gasteiger partial charge in [0.05, 0.1) is 18.8 Å². The van der Waals surface area contributed by atoms with Crippen molar-refractivity contribution < 1.29 is 9.84 Å². The Morgan fingerprint density at radius 1 is 1.50 bits per heavy atom. The van der Waals surface area contributed by atoms with E-state index in [-0.39, 0.29) is 12.2 Å². The van der Waals surface area contributed by atoms with Crippen LogP contribution in [0.2, 0.25) is 0 Å². The molecule has 0 aromatic rings. The molecule has 14 heavy (non-hydrogen) atoms. The van der Waals surface area contributed by atoms with Crippen LogP contribution in [0.15, 0.2) is 0 Å². The van der Waals surface area contributed by atoms with Crippen molar-refractivity contribution in [3.8, 4) is 0 Å². The molecule has 1 heterocycles. The zero-order valence-corrected chi connectivity index (χ0v) is 8.98. The number of ether oxygens (including phenoxy) is 1. The molecular weight excluding hydrogens is 178 g/mol. The summed E-state index contributed by atoms with van der Waals surface area (Å²) in [5.41, 5.74) is 0. The normalized spacial score (nSPS) is 31.7. The predicted octanol–water partition coefficient (Wildman–Crippen LogP) is 0.868. The summed E-state index contributed by atoms with van der Waals surface area (Å²) in [6, 6.07) is 0. The Morgan fingerprint density at radius 2 is 2.29 bits per heavy atom. The van der Waals surface area contributed by atoms with Gasteiger partial charge in [0, 0.05) is 13.1 Å². The molecule has 2 fully saturated rings. The summed E-state index contributed by atoms with van der Waals surface area (Å²) in [5, 5.41) is 9.95. The van der Waals surface area contributed by atoms with Gasteiger partial charge in [-0.25, -0.2) is 0 Å². The summed E-state index contributed by atoms with van der Waals surface area (Å²) >= 11 is 0. The third kappa shape index (κ3) is 2.47. The smallest absolute Gasteiger partial charge is 0.0963 e. The number of aliphatic hydroxyl groups excluding tert-OH is 1. The standard InChI is InChI=1S/C11H21NO2/c1-2-5-12-6-7-14-10(8-12)11(13)9-3-4-9/h9-11,13H,2-8H2,1H3. The molecule has 1 N–H and O–H groups in total. The van der Waals surface area contributed by atoms with Crippen LogP contribution in [0.4, 0.5) is 0 Å². The molecule has 0 spiro atoms. The van der Waals surface area contributed by atoms with Gasteiger partial charge in [-0.3, -0.25) is 4.90 Å². The largest absolute Gasteiger partial charge is 0.390 e. The van der Waals surface area contributed by atoms with E-state index >= 15 is 0 Å². The number of morpholine rings is 1. The first-order valence-corrected chi connectivity index (χ1v) is 5.83. The molecule has 0 amide bonds. The molecule has 82 valence electrons. The minimum Gasteiger partial charge on any atom is -0.390 e. The molecule has 0 aromatic carbocycles. The molecule has 2 atom stereocenters. The van der Waals surface area contributed by atoms with Crippen LogP contribution in [0.1, 0.15) is 26.2 Å². The van der Waals surface area contributed by atoms with Crippen LogP contribution in [0.25, 0.3) is 0 Å². The molecule has 0 aromatic heterocycles. The van der Waals surface area contributed by atoms with Crippen LogP contribution in [-0.2, 0) is 4.74 Å². The lowest BCUT2D eigenvalue weighted by Crippen LogP contribution is -2.48. The second-order valence-electron chi connectivity index (χ2n) is 4.54. The summed E-state index contributed by atoms with van der Waals surface area (Å²) in [4.78, 5) is 2.40. The fourth-order valence-electron chi connectivity index (χ4n) is 2.20. The number of hydrogen-bond acceptors (Lipinski definition) is 3. The van der Waals surface area contributed by atoms with Crippen LogP contribution >= 0.6 is 0 Å². The van der Waals surface area contributed by atoms with Crippen molar-refractivity contribution in [1.82, 2.24) is 4.90 Å². The van der Waals surface area contributed by atoms with Gasteiger partial charge in [-0.1, -0.05) is 6.92 Å². The first-order chi connectivity index (χ1) is 6.81. The SMILES string of the molecule is CCCN1CCOC(C(O)C2CC2)C1. The van der Waals surface area contributed by atoms with E-state index in [0.29, 0.717) is 5.92 Å². The number of hydrogen-bond donors (Lipinski definition) is 1.